The highest BCUT2D eigenvalue weighted by molar-refractivity contribution is 6.01. The third kappa shape index (κ3) is 4.17. The van der Waals surface area contributed by atoms with Gasteiger partial charge in [-0.3, -0.25) is 19.7 Å². The van der Waals surface area contributed by atoms with Crippen LogP contribution >= 0.6 is 0 Å². The van der Waals surface area contributed by atoms with Gasteiger partial charge in [-0.2, -0.15) is 0 Å². The number of carbonyl (C=O) groups excluding carboxylic acids is 2. The molecule has 39 heavy (non-hydrogen) atoms. The van der Waals surface area contributed by atoms with Gasteiger partial charge in [0.05, 0.1) is 36.4 Å². The summed E-state index contributed by atoms with van der Waals surface area (Å²) >= 11 is 0. The monoisotopic (exact) mass is 539 g/mol. The minimum atomic E-state index is -1.67. The number of rotatable bonds is 7. The van der Waals surface area contributed by atoms with Gasteiger partial charge in [-0.15, -0.1) is 0 Å². The largest absolute Gasteiger partial charge is 0.497 e. The average Bonchev–Trinajstić information content (AvgIpc) is 3.16. The van der Waals surface area contributed by atoms with E-state index in [9.17, 15) is 29.9 Å². The van der Waals surface area contributed by atoms with E-state index in [1.165, 1.54) is 19.2 Å². The number of nitrogens with zero attached hydrogens (tertiary/aromatic N) is 1. The quantitative estimate of drug-likeness (QED) is 0.393. The number of aliphatic hydroxyl groups excluding tert-OH is 1. The normalized spacial score (nSPS) is 38.9. The van der Waals surface area contributed by atoms with Crippen LogP contribution in [0.15, 0.2) is 42.0 Å². The lowest BCUT2D eigenvalue weighted by molar-refractivity contribution is -0.386. The molecular formula is C30H37NO8. The molecule has 0 radical (unpaired) electrons. The van der Waals surface area contributed by atoms with Crippen LogP contribution in [0.25, 0.3) is 0 Å². The smallest absolute Gasteiger partial charge is 0.278 e. The summed E-state index contributed by atoms with van der Waals surface area (Å²) in [5.74, 6) is 0.00262. The average molecular weight is 540 g/mol. The Labute approximate surface area is 228 Å². The Bertz CT molecular complexity index is 1270. The molecule has 4 aliphatic rings. The molecule has 0 amide bonds. The van der Waals surface area contributed by atoms with Gasteiger partial charge in [0.1, 0.15) is 18.0 Å². The molecule has 1 aromatic rings. The van der Waals surface area contributed by atoms with Gasteiger partial charge in [-0.05, 0) is 67.7 Å². The van der Waals surface area contributed by atoms with Crippen molar-refractivity contribution in [3.63, 3.8) is 0 Å². The van der Waals surface area contributed by atoms with Gasteiger partial charge in [0.25, 0.3) is 5.69 Å². The first-order chi connectivity index (χ1) is 18.4. The zero-order valence-corrected chi connectivity index (χ0v) is 22.9. The van der Waals surface area contributed by atoms with E-state index in [-0.39, 0.29) is 54.6 Å². The molecule has 0 aliphatic heterocycles. The van der Waals surface area contributed by atoms with Crippen molar-refractivity contribution in [1.82, 2.24) is 0 Å². The standard InChI is InChI=1S/C30H37NO8/c1-17-11-21-22-8-10-30(35,26(34)16-39-15-18-5-6-20(38-4)13-24(18)31(36)37)29(22,3)14-25(33)27(21)28(2)9-7-19(32)12-23(17)28/h5-7,9,12-13,17,21-22,25,27,33,35H,8,10-11,14-16H2,1-4H3/t17?,21-,22-,25?,27+,28-,29-,30-/m0/s1. The van der Waals surface area contributed by atoms with E-state index in [1.54, 1.807) is 18.2 Å². The van der Waals surface area contributed by atoms with Crippen molar-refractivity contribution in [1.29, 1.82) is 0 Å². The van der Waals surface area contributed by atoms with Gasteiger partial charge in [-0.1, -0.05) is 32.4 Å². The number of hydrogen-bond acceptors (Lipinski definition) is 8. The van der Waals surface area contributed by atoms with Crippen molar-refractivity contribution in [3.05, 3.63) is 57.7 Å². The highest BCUT2D eigenvalue weighted by Gasteiger charge is 2.68. The van der Waals surface area contributed by atoms with E-state index < -0.39 is 39.8 Å². The molecule has 3 fully saturated rings. The maximum absolute atomic E-state index is 13.5. The van der Waals surface area contributed by atoms with Gasteiger partial charge in [0.15, 0.2) is 11.6 Å². The third-order valence-electron chi connectivity index (χ3n) is 10.4. The van der Waals surface area contributed by atoms with E-state index in [4.69, 9.17) is 9.47 Å². The number of carbonyl (C=O) groups is 2. The van der Waals surface area contributed by atoms with Crippen molar-refractivity contribution in [2.24, 2.45) is 34.5 Å². The molecular weight excluding hydrogens is 502 g/mol. The number of benzene rings is 1. The van der Waals surface area contributed by atoms with E-state index in [2.05, 4.69) is 13.8 Å². The molecule has 1 aromatic carbocycles. The lowest BCUT2D eigenvalue weighted by Crippen LogP contribution is -2.62. The van der Waals surface area contributed by atoms with Crippen molar-refractivity contribution < 1.29 is 34.2 Å². The molecule has 2 N–H and O–H groups in total. The molecule has 8 atom stereocenters. The lowest BCUT2D eigenvalue weighted by atomic mass is 9.45. The van der Waals surface area contributed by atoms with Crippen LogP contribution < -0.4 is 4.74 Å². The number of ketones is 2. The summed E-state index contributed by atoms with van der Waals surface area (Å²) in [4.78, 5) is 36.6. The fraction of sp³-hybridized carbons (Fsp3) is 0.600. The fourth-order valence-electron chi connectivity index (χ4n) is 8.55. The maximum atomic E-state index is 13.5. The molecule has 4 aliphatic carbocycles. The number of ether oxygens (including phenoxy) is 2. The summed E-state index contributed by atoms with van der Waals surface area (Å²) in [6, 6.07) is 4.43. The Morgan fingerprint density at radius 1 is 1.28 bits per heavy atom. The molecule has 5 rings (SSSR count). The highest BCUT2D eigenvalue weighted by Crippen LogP contribution is 2.67. The Hall–Kier alpha value is -2.88. The molecule has 0 heterocycles. The Morgan fingerprint density at radius 2 is 2.03 bits per heavy atom. The first-order valence-electron chi connectivity index (χ1n) is 13.6. The molecule has 0 spiro atoms. The number of allylic oxidation sites excluding steroid dienone is 4. The number of nitro benzene ring substituents is 1. The van der Waals surface area contributed by atoms with E-state index in [1.807, 2.05) is 13.0 Å². The topological polar surface area (TPSA) is 136 Å². The minimum Gasteiger partial charge on any atom is -0.497 e. The zero-order chi connectivity index (χ0) is 28.3. The third-order valence-corrected chi connectivity index (χ3v) is 10.4. The van der Waals surface area contributed by atoms with Gasteiger partial charge in [-0.25, -0.2) is 0 Å². The minimum absolute atomic E-state index is 0.0226. The first kappa shape index (κ1) is 27.7. The molecule has 0 bridgehead atoms. The van der Waals surface area contributed by atoms with Crippen molar-refractivity contribution in [3.8, 4) is 5.75 Å². The number of methoxy groups -OCH3 is 1. The molecule has 9 nitrogen and oxygen atoms in total. The predicted octanol–water partition coefficient (Wildman–Crippen LogP) is 3.94. The lowest BCUT2D eigenvalue weighted by Gasteiger charge is -2.60. The molecule has 0 saturated heterocycles. The van der Waals surface area contributed by atoms with E-state index in [0.717, 1.165) is 12.0 Å². The van der Waals surface area contributed by atoms with Crippen LogP contribution in [0.3, 0.4) is 0 Å². The van der Waals surface area contributed by atoms with Gasteiger partial charge in [0, 0.05) is 16.7 Å². The van der Waals surface area contributed by atoms with Crippen molar-refractivity contribution in [2.75, 3.05) is 13.7 Å². The van der Waals surface area contributed by atoms with E-state index >= 15 is 0 Å². The Kier molecular flexibility index (Phi) is 6.84. The van der Waals surface area contributed by atoms with Gasteiger partial charge in [0.2, 0.25) is 0 Å². The van der Waals surface area contributed by atoms with Crippen LogP contribution in [-0.2, 0) is 20.9 Å². The summed E-state index contributed by atoms with van der Waals surface area (Å²) in [5.41, 5.74) is -1.76. The summed E-state index contributed by atoms with van der Waals surface area (Å²) in [6.07, 6.45) is 6.49. The second kappa shape index (κ2) is 9.64. The first-order valence-corrected chi connectivity index (χ1v) is 13.6. The number of aliphatic hydroxyl groups is 2. The van der Waals surface area contributed by atoms with Crippen molar-refractivity contribution >= 4 is 17.3 Å². The molecule has 0 aromatic heterocycles. The molecule has 3 saturated carbocycles. The van der Waals surface area contributed by atoms with Crippen molar-refractivity contribution in [2.45, 2.75) is 64.8 Å². The maximum Gasteiger partial charge on any atom is 0.278 e. The number of Topliss-reactive ketones (excluding diaryl/α,β-unsaturated/α-hetero) is 1. The summed E-state index contributed by atoms with van der Waals surface area (Å²) in [7, 11) is 1.42. The molecule has 9 heteroatoms. The summed E-state index contributed by atoms with van der Waals surface area (Å²) < 4.78 is 10.7. The number of hydrogen-bond donors (Lipinski definition) is 2. The number of fused-ring (bicyclic) bond motifs is 5. The van der Waals surface area contributed by atoms with Crippen LogP contribution in [0.4, 0.5) is 5.69 Å². The fourth-order valence-corrected chi connectivity index (χ4v) is 8.55. The Balaban J connectivity index is 1.34. The van der Waals surface area contributed by atoms with Gasteiger partial charge >= 0.3 is 0 Å². The highest BCUT2D eigenvalue weighted by atomic mass is 16.6. The van der Waals surface area contributed by atoms with Gasteiger partial charge < -0.3 is 19.7 Å². The SMILES string of the molecule is COc1ccc(COCC(=O)[C@@]2(O)CC[C@H]3[C@@H]4CC(C)C5=CC(=O)C=C[C@]5(C)[C@H]4C(O)C[C@@]32C)c([N+](=O)[O-])c1. The zero-order valence-electron chi connectivity index (χ0n) is 22.9. The number of nitro groups is 1. The van der Waals surface area contributed by atoms with Crippen LogP contribution in [0.5, 0.6) is 5.75 Å². The second-order valence-corrected chi connectivity index (χ2v) is 12.3. The molecule has 2 unspecified atom stereocenters. The summed E-state index contributed by atoms with van der Waals surface area (Å²) in [6.45, 7) is 5.57. The second-order valence-electron chi connectivity index (χ2n) is 12.3. The molecule has 210 valence electrons. The van der Waals surface area contributed by atoms with Crippen LogP contribution in [0.1, 0.15) is 52.0 Å². The Morgan fingerprint density at radius 3 is 2.72 bits per heavy atom. The summed E-state index contributed by atoms with van der Waals surface area (Å²) in [5, 5.41) is 34.9. The van der Waals surface area contributed by atoms with Crippen LogP contribution in [0, 0.1) is 44.6 Å². The van der Waals surface area contributed by atoms with Crippen LogP contribution in [-0.4, -0.2) is 52.1 Å². The van der Waals surface area contributed by atoms with E-state index in [0.29, 0.717) is 17.7 Å². The van der Waals surface area contributed by atoms with Crippen LogP contribution in [0.2, 0.25) is 0 Å². The predicted molar refractivity (Wildman–Crippen MR) is 142 cm³/mol.